The molecule has 0 saturated carbocycles. The normalized spacial score (nSPS) is 18.0. The molecular weight excluding hydrogens is 252 g/mol. The van der Waals surface area contributed by atoms with E-state index in [9.17, 15) is 0 Å². The fourth-order valence-electron chi connectivity index (χ4n) is 2.48. The average molecular weight is 278 g/mol. The van der Waals surface area contributed by atoms with Crippen LogP contribution in [0.3, 0.4) is 0 Å². The maximum atomic E-state index is 5.58. The lowest BCUT2D eigenvalue weighted by molar-refractivity contribution is 0.180. The van der Waals surface area contributed by atoms with Crippen LogP contribution >= 0.6 is 0 Å². The Bertz CT molecular complexity index is 405. The van der Waals surface area contributed by atoms with Crippen LogP contribution in [0.2, 0.25) is 0 Å². The molecule has 2 rings (SSSR count). The highest BCUT2D eigenvalue weighted by molar-refractivity contribution is 5.37. The van der Waals surface area contributed by atoms with Crippen molar-refractivity contribution in [3.8, 4) is 5.88 Å². The Morgan fingerprint density at radius 1 is 1.20 bits per heavy atom. The van der Waals surface area contributed by atoms with Gasteiger partial charge in [0.2, 0.25) is 5.88 Å². The highest BCUT2D eigenvalue weighted by atomic mass is 16.5. The van der Waals surface area contributed by atoms with Gasteiger partial charge in [-0.25, -0.2) is 9.97 Å². The second kappa shape index (κ2) is 7.43. The van der Waals surface area contributed by atoms with Crippen molar-refractivity contribution in [3.05, 3.63) is 12.4 Å². The van der Waals surface area contributed by atoms with Gasteiger partial charge in [-0.2, -0.15) is 0 Å². The standard InChI is InChI=1S/C15H26N4O/c1-12(2)20-15-9-14(17-11-18-15)16-10-13(3)19-7-5-4-6-8-19/h9,11-13H,4-8,10H2,1-3H3,(H,16,17,18). The number of likely N-dealkylation sites (tertiary alicyclic amines) is 1. The lowest BCUT2D eigenvalue weighted by Gasteiger charge is -2.32. The topological polar surface area (TPSA) is 50.3 Å². The molecule has 1 atom stereocenters. The maximum Gasteiger partial charge on any atom is 0.218 e. The Labute approximate surface area is 121 Å². The van der Waals surface area contributed by atoms with Crippen molar-refractivity contribution in [2.45, 2.75) is 52.2 Å². The van der Waals surface area contributed by atoms with Crippen LogP contribution in [-0.4, -0.2) is 46.6 Å². The molecule has 0 aromatic carbocycles. The van der Waals surface area contributed by atoms with Gasteiger partial charge in [-0.3, -0.25) is 4.90 Å². The van der Waals surface area contributed by atoms with E-state index < -0.39 is 0 Å². The lowest BCUT2D eigenvalue weighted by atomic mass is 10.1. The van der Waals surface area contributed by atoms with Crippen LogP contribution in [0.25, 0.3) is 0 Å². The molecule has 0 amide bonds. The Balaban J connectivity index is 1.83. The van der Waals surface area contributed by atoms with Crippen molar-refractivity contribution in [2.75, 3.05) is 25.0 Å². The minimum atomic E-state index is 0.130. The van der Waals surface area contributed by atoms with E-state index in [2.05, 4.69) is 27.1 Å². The fourth-order valence-corrected chi connectivity index (χ4v) is 2.48. The van der Waals surface area contributed by atoms with Gasteiger partial charge >= 0.3 is 0 Å². The quantitative estimate of drug-likeness (QED) is 0.866. The molecule has 0 bridgehead atoms. The van der Waals surface area contributed by atoms with E-state index in [0.717, 1.165) is 12.4 Å². The van der Waals surface area contributed by atoms with E-state index in [-0.39, 0.29) is 6.10 Å². The summed E-state index contributed by atoms with van der Waals surface area (Å²) in [7, 11) is 0. The number of anilines is 1. The van der Waals surface area contributed by atoms with Gasteiger partial charge < -0.3 is 10.1 Å². The van der Waals surface area contributed by atoms with Gasteiger partial charge in [0.05, 0.1) is 6.10 Å². The van der Waals surface area contributed by atoms with Gasteiger partial charge in [-0.05, 0) is 46.7 Å². The Hall–Kier alpha value is -1.36. The Morgan fingerprint density at radius 3 is 2.65 bits per heavy atom. The molecule has 1 aliphatic rings. The largest absolute Gasteiger partial charge is 0.475 e. The van der Waals surface area contributed by atoms with Gasteiger partial charge in [0.1, 0.15) is 12.1 Å². The molecule has 0 aliphatic carbocycles. The minimum Gasteiger partial charge on any atom is -0.475 e. The number of piperidine rings is 1. The van der Waals surface area contributed by atoms with Crippen LogP contribution in [0, 0.1) is 0 Å². The van der Waals surface area contributed by atoms with Crippen LogP contribution in [0.4, 0.5) is 5.82 Å². The molecule has 1 unspecified atom stereocenters. The number of nitrogens with zero attached hydrogens (tertiary/aromatic N) is 3. The Morgan fingerprint density at radius 2 is 1.95 bits per heavy atom. The van der Waals surface area contributed by atoms with E-state index in [1.165, 1.54) is 32.4 Å². The SMILES string of the molecule is CC(C)Oc1cc(NCC(C)N2CCCCC2)ncn1. The summed E-state index contributed by atoms with van der Waals surface area (Å²) in [5.74, 6) is 1.46. The van der Waals surface area contributed by atoms with Crippen LogP contribution in [-0.2, 0) is 0 Å². The number of rotatable bonds is 6. The molecule has 0 radical (unpaired) electrons. The molecule has 1 aromatic rings. The van der Waals surface area contributed by atoms with Gasteiger partial charge in [-0.15, -0.1) is 0 Å². The van der Waals surface area contributed by atoms with E-state index >= 15 is 0 Å². The van der Waals surface area contributed by atoms with E-state index in [0.29, 0.717) is 11.9 Å². The molecule has 1 aliphatic heterocycles. The van der Waals surface area contributed by atoms with Crippen molar-refractivity contribution < 1.29 is 4.74 Å². The summed E-state index contributed by atoms with van der Waals surface area (Å²) in [5.41, 5.74) is 0. The number of ether oxygens (including phenoxy) is 1. The molecule has 5 nitrogen and oxygen atoms in total. The summed E-state index contributed by atoms with van der Waals surface area (Å²) in [4.78, 5) is 10.9. The zero-order valence-corrected chi connectivity index (χ0v) is 12.8. The van der Waals surface area contributed by atoms with Crippen LogP contribution in [0.5, 0.6) is 5.88 Å². The molecule has 1 saturated heterocycles. The fraction of sp³-hybridized carbons (Fsp3) is 0.733. The van der Waals surface area contributed by atoms with Gasteiger partial charge in [0, 0.05) is 18.7 Å². The van der Waals surface area contributed by atoms with Gasteiger partial charge in [0.25, 0.3) is 0 Å². The number of aromatic nitrogens is 2. The summed E-state index contributed by atoms with van der Waals surface area (Å²) in [6.07, 6.45) is 5.70. The van der Waals surface area contributed by atoms with Crippen molar-refractivity contribution in [2.24, 2.45) is 0 Å². The molecule has 1 fully saturated rings. The average Bonchev–Trinajstić information content (AvgIpc) is 2.45. The second-order valence-corrected chi connectivity index (χ2v) is 5.73. The summed E-state index contributed by atoms with van der Waals surface area (Å²) >= 11 is 0. The first-order valence-electron chi connectivity index (χ1n) is 7.62. The molecule has 20 heavy (non-hydrogen) atoms. The molecule has 2 heterocycles. The summed E-state index contributed by atoms with van der Waals surface area (Å²) in [6, 6.07) is 2.39. The molecule has 1 aromatic heterocycles. The van der Waals surface area contributed by atoms with E-state index in [1.807, 2.05) is 19.9 Å². The third-order valence-electron chi connectivity index (χ3n) is 3.59. The number of nitrogens with one attached hydrogen (secondary N) is 1. The first kappa shape index (κ1) is 15.0. The van der Waals surface area contributed by atoms with Crippen molar-refractivity contribution in [1.82, 2.24) is 14.9 Å². The van der Waals surface area contributed by atoms with Crippen LogP contribution < -0.4 is 10.1 Å². The maximum absolute atomic E-state index is 5.58. The molecule has 5 heteroatoms. The summed E-state index contributed by atoms with van der Waals surface area (Å²) < 4.78 is 5.58. The Kier molecular flexibility index (Phi) is 5.59. The summed E-state index contributed by atoms with van der Waals surface area (Å²) in [5, 5.41) is 3.38. The van der Waals surface area contributed by atoms with Crippen LogP contribution in [0.15, 0.2) is 12.4 Å². The van der Waals surface area contributed by atoms with Crippen LogP contribution in [0.1, 0.15) is 40.0 Å². The zero-order chi connectivity index (χ0) is 14.4. The molecule has 112 valence electrons. The predicted molar refractivity (Wildman–Crippen MR) is 81.2 cm³/mol. The summed E-state index contributed by atoms with van der Waals surface area (Å²) in [6.45, 7) is 9.59. The molecule has 1 N–H and O–H groups in total. The van der Waals surface area contributed by atoms with Crippen molar-refractivity contribution in [3.63, 3.8) is 0 Å². The molecule has 0 spiro atoms. The van der Waals surface area contributed by atoms with Crippen molar-refractivity contribution >= 4 is 5.82 Å². The third-order valence-corrected chi connectivity index (χ3v) is 3.59. The second-order valence-electron chi connectivity index (χ2n) is 5.73. The number of hydrogen-bond acceptors (Lipinski definition) is 5. The highest BCUT2D eigenvalue weighted by Crippen LogP contribution is 2.15. The lowest BCUT2D eigenvalue weighted by Crippen LogP contribution is -2.41. The monoisotopic (exact) mass is 278 g/mol. The van der Waals surface area contributed by atoms with Gasteiger partial charge in [0.15, 0.2) is 0 Å². The smallest absolute Gasteiger partial charge is 0.218 e. The predicted octanol–water partition coefficient (Wildman–Crippen LogP) is 2.55. The third kappa shape index (κ3) is 4.63. The highest BCUT2D eigenvalue weighted by Gasteiger charge is 2.16. The zero-order valence-electron chi connectivity index (χ0n) is 12.8. The van der Waals surface area contributed by atoms with E-state index in [4.69, 9.17) is 4.74 Å². The minimum absolute atomic E-state index is 0.130. The number of hydrogen-bond donors (Lipinski definition) is 1. The van der Waals surface area contributed by atoms with Gasteiger partial charge in [-0.1, -0.05) is 6.42 Å². The first-order valence-corrected chi connectivity index (χ1v) is 7.62. The first-order chi connectivity index (χ1) is 9.65. The molecular formula is C15H26N4O. The van der Waals surface area contributed by atoms with E-state index in [1.54, 1.807) is 6.33 Å². The van der Waals surface area contributed by atoms with Crippen molar-refractivity contribution in [1.29, 1.82) is 0 Å².